The van der Waals surface area contributed by atoms with Crippen molar-refractivity contribution in [1.29, 1.82) is 0 Å². The molecule has 0 aromatic carbocycles. The monoisotopic (exact) mass is 253 g/mol. The number of nitrogens with one attached hydrogen (secondary N) is 1. The van der Waals surface area contributed by atoms with Crippen molar-refractivity contribution < 1.29 is 0 Å². The molecule has 0 spiro atoms. The molecule has 1 aromatic heterocycles. The van der Waals surface area contributed by atoms with E-state index >= 15 is 0 Å². The van der Waals surface area contributed by atoms with E-state index in [1.54, 1.807) is 11.8 Å². The molecule has 0 fully saturated rings. The van der Waals surface area contributed by atoms with Gasteiger partial charge in [0.15, 0.2) is 0 Å². The first-order chi connectivity index (χ1) is 7.94. The smallest absolute Gasteiger partial charge is 0.131 e. The van der Waals surface area contributed by atoms with E-state index in [0.29, 0.717) is 0 Å². The number of aryl methyl sites for hydroxylation is 1. The van der Waals surface area contributed by atoms with Gasteiger partial charge in [-0.2, -0.15) is 0 Å². The van der Waals surface area contributed by atoms with Gasteiger partial charge >= 0.3 is 0 Å². The molecule has 4 heteroatoms. The van der Waals surface area contributed by atoms with Crippen LogP contribution in [0.4, 0.5) is 5.82 Å². The molecule has 1 heterocycles. The molecule has 96 valence electrons. The second-order valence-corrected chi connectivity index (χ2v) is 6.85. The molecule has 0 saturated carbocycles. The SMILES string of the molecule is CCCNc1cc(SC(C)(C)C)nc(CC)n1. The van der Waals surface area contributed by atoms with Gasteiger partial charge in [0.25, 0.3) is 0 Å². The van der Waals surface area contributed by atoms with Gasteiger partial charge in [0.2, 0.25) is 0 Å². The largest absolute Gasteiger partial charge is 0.370 e. The van der Waals surface area contributed by atoms with E-state index in [-0.39, 0.29) is 4.75 Å². The Hall–Kier alpha value is -0.770. The molecule has 0 aliphatic carbocycles. The summed E-state index contributed by atoms with van der Waals surface area (Å²) in [6.07, 6.45) is 1.98. The average Bonchev–Trinajstić information content (AvgIpc) is 2.23. The predicted octanol–water partition coefficient (Wildman–Crippen LogP) is 3.75. The average molecular weight is 253 g/mol. The van der Waals surface area contributed by atoms with Gasteiger partial charge in [-0.15, -0.1) is 11.8 Å². The number of hydrogen-bond donors (Lipinski definition) is 1. The van der Waals surface area contributed by atoms with Crippen molar-refractivity contribution in [3.63, 3.8) is 0 Å². The van der Waals surface area contributed by atoms with Crippen molar-refractivity contribution in [3.8, 4) is 0 Å². The molecule has 0 bridgehead atoms. The van der Waals surface area contributed by atoms with Gasteiger partial charge < -0.3 is 5.32 Å². The lowest BCUT2D eigenvalue weighted by atomic mass is 10.3. The fourth-order valence-corrected chi connectivity index (χ4v) is 2.29. The van der Waals surface area contributed by atoms with Gasteiger partial charge in [-0.3, -0.25) is 0 Å². The van der Waals surface area contributed by atoms with Crippen molar-refractivity contribution in [2.24, 2.45) is 0 Å². The van der Waals surface area contributed by atoms with Crippen LogP contribution in [0.15, 0.2) is 11.1 Å². The first-order valence-electron chi connectivity index (χ1n) is 6.25. The molecule has 0 saturated heterocycles. The summed E-state index contributed by atoms with van der Waals surface area (Å²) in [5.74, 6) is 1.86. The minimum Gasteiger partial charge on any atom is -0.370 e. The molecule has 0 aliphatic heterocycles. The zero-order valence-electron chi connectivity index (χ0n) is 11.5. The fourth-order valence-electron chi connectivity index (χ4n) is 1.34. The van der Waals surface area contributed by atoms with Crippen LogP contribution in [0.25, 0.3) is 0 Å². The van der Waals surface area contributed by atoms with Crippen LogP contribution in [0.3, 0.4) is 0 Å². The van der Waals surface area contributed by atoms with Crippen LogP contribution in [0.2, 0.25) is 0 Å². The van der Waals surface area contributed by atoms with E-state index in [2.05, 4.69) is 49.9 Å². The van der Waals surface area contributed by atoms with Gasteiger partial charge in [-0.25, -0.2) is 9.97 Å². The number of anilines is 1. The van der Waals surface area contributed by atoms with Crippen LogP contribution < -0.4 is 5.32 Å². The third-order valence-electron chi connectivity index (χ3n) is 2.03. The fraction of sp³-hybridized carbons (Fsp3) is 0.692. The van der Waals surface area contributed by atoms with E-state index in [4.69, 9.17) is 0 Å². The standard InChI is InChI=1S/C13H23N3S/c1-6-8-14-11-9-12(17-13(3,4)5)16-10(7-2)15-11/h9H,6-8H2,1-5H3,(H,14,15,16). The lowest BCUT2D eigenvalue weighted by Gasteiger charge is -2.17. The third-order valence-corrected chi connectivity index (χ3v) is 3.06. The van der Waals surface area contributed by atoms with Gasteiger partial charge in [0.05, 0.1) is 0 Å². The van der Waals surface area contributed by atoms with Gasteiger partial charge in [0.1, 0.15) is 16.7 Å². The molecule has 3 nitrogen and oxygen atoms in total. The molecule has 1 aromatic rings. The normalized spacial score (nSPS) is 11.6. The van der Waals surface area contributed by atoms with Crippen molar-refractivity contribution in [3.05, 3.63) is 11.9 Å². The summed E-state index contributed by atoms with van der Waals surface area (Å²) in [4.78, 5) is 9.04. The first kappa shape index (κ1) is 14.3. The van der Waals surface area contributed by atoms with Crippen LogP contribution in [-0.2, 0) is 6.42 Å². The Morgan fingerprint density at radius 3 is 2.47 bits per heavy atom. The Kier molecular flexibility index (Phi) is 5.25. The summed E-state index contributed by atoms with van der Waals surface area (Å²) in [6, 6.07) is 2.05. The summed E-state index contributed by atoms with van der Waals surface area (Å²) in [5, 5.41) is 4.39. The number of nitrogens with zero attached hydrogens (tertiary/aromatic N) is 2. The van der Waals surface area contributed by atoms with Crippen LogP contribution in [0.1, 0.15) is 46.9 Å². The van der Waals surface area contributed by atoms with Crippen molar-refractivity contribution in [2.45, 2.75) is 57.2 Å². The van der Waals surface area contributed by atoms with Crippen molar-refractivity contribution in [2.75, 3.05) is 11.9 Å². The second-order valence-electron chi connectivity index (χ2n) is 5.00. The number of rotatable bonds is 5. The molecule has 1 rings (SSSR count). The summed E-state index contributed by atoms with van der Waals surface area (Å²) in [7, 11) is 0. The molecule has 0 amide bonds. The molecule has 0 atom stereocenters. The van der Waals surface area contributed by atoms with Crippen LogP contribution in [0.5, 0.6) is 0 Å². The predicted molar refractivity (Wildman–Crippen MR) is 75.8 cm³/mol. The minimum atomic E-state index is 0.182. The highest BCUT2D eigenvalue weighted by atomic mass is 32.2. The lowest BCUT2D eigenvalue weighted by molar-refractivity contribution is 0.794. The highest BCUT2D eigenvalue weighted by Crippen LogP contribution is 2.31. The summed E-state index contributed by atoms with van der Waals surface area (Å²) < 4.78 is 0.182. The Morgan fingerprint density at radius 1 is 1.24 bits per heavy atom. The Bertz CT molecular complexity index is 358. The minimum absolute atomic E-state index is 0.182. The molecule has 1 N–H and O–H groups in total. The number of aromatic nitrogens is 2. The molecule has 0 aliphatic rings. The molecular weight excluding hydrogens is 230 g/mol. The quantitative estimate of drug-likeness (QED) is 0.640. The van der Waals surface area contributed by atoms with E-state index in [9.17, 15) is 0 Å². The highest BCUT2D eigenvalue weighted by Gasteiger charge is 2.14. The van der Waals surface area contributed by atoms with E-state index < -0.39 is 0 Å². The van der Waals surface area contributed by atoms with E-state index in [1.165, 1.54) is 0 Å². The van der Waals surface area contributed by atoms with Crippen LogP contribution in [-0.4, -0.2) is 21.3 Å². The van der Waals surface area contributed by atoms with Crippen molar-refractivity contribution in [1.82, 2.24) is 9.97 Å². The molecule has 17 heavy (non-hydrogen) atoms. The van der Waals surface area contributed by atoms with Gasteiger partial charge in [-0.05, 0) is 6.42 Å². The summed E-state index contributed by atoms with van der Waals surface area (Å²) in [6.45, 7) is 11.8. The number of thioether (sulfide) groups is 1. The maximum Gasteiger partial charge on any atom is 0.131 e. The zero-order chi connectivity index (χ0) is 12.9. The molecule has 0 unspecified atom stereocenters. The maximum absolute atomic E-state index is 4.56. The van der Waals surface area contributed by atoms with Gasteiger partial charge in [-0.1, -0.05) is 34.6 Å². The Morgan fingerprint density at radius 2 is 1.94 bits per heavy atom. The topological polar surface area (TPSA) is 37.8 Å². The molecular formula is C13H23N3S. The summed E-state index contributed by atoms with van der Waals surface area (Å²) in [5.41, 5.74) is 0. The summed E-state index contributed by atoms with van der Waals surface area (Å²) >= 11 is 1.79. The number of hydrogen-bond acceptors (Lipinski definition) is 4. The molecule has 0 radical (unpaired) electrons. The zero-order valence-corrected chi connectivity index (χ0v) is 12.3. The van der Waals surface area contributed by atoms with E-state index in [0.717, 1.165) is 36.1 Å². The van der Waals surface area contributed by atoms with Gasteiger partial charge in [0, 0.05) is 23.8 Å². The highest BCUT2D eigenvalue weighted by molar-refractivity contribution is 8.00. The maximum atomic E-state index is 4.56. The Labute approximate surface area is 109 Å². The van der Waals surface area contributed by atoms with Crippen LogP contribution >= 0.6 is 11.8 Å². The lowest BCUT2D eigenvalue weighted by Crippen LogP contribution is -2.10. The van der Waals surface area contributed by atoms with E-state index in [1.807, 2.05) is 6.07 Å². The third kappa shape index (κ3) is 5.39. The second kappa shape index (κ2) is 6.24. The Balaban J connectivity index is 2.88. The first-order valence-corrected chi connectivity index (χ1v) is 7.07. The van der Waals surface area contributed by atoms with Crippen molar-refractivity contribution >= 4 is 17.6 Å². The van der Waals surface area contributed by atoms with Crippen LogP contribution in [0, 0.1) is 0 Å².